The smallest absolute Gasteiger partial charge is 0.324 e. The number of aromatic nitrogens is 2. The molecule has 192 valence electrons. The molecule has 2 fully saturated rings. The maximum absolute atomic E-state index is 12.5. The van der Waals surface area contributed by atoms with Crippen molar-refractivity contribution in [3.8, 4) is 5.75 Å². The molecule has 2 aliphatic heterocycles. The van der Waals surface area contributed by atoms with Gasteiger partial charge in [-0.05, 0) is 62.3 Å². The summed E-state index contributed by atoms with van der Waals surface area (Å²) in [6, 6.07) is 5.78. The van der Waals surface area contributed by atoms with Gasteiger partial charge in [-0.2, -0.15) is 4.98 Å². The van der Waals surface area contributed by atoms with Crippen LogP contribution in [0.4, 0.5) is 6.01 Å². The van der Waals surface area contributed by atoms with Crippen LogP contribution in [-0.4, -0.2) is 66.2 Å². The molecule has 35 heavy (non-hydrogen) atoms. The SMILES string of the molecule is Cc1cc(OCCCC2CCN(c3nc(C(C)(C)C)no3)CC2)ccc1C(=O)N[C@@H]1COC[C@H]1O. The Kier molecular flexibility index (Phi) is 7.96. The van der Waals surface area contributed by atoms with E-state index < -0.39 is 6.10 Å². The lowest BCUT2D eigenvalue weighted by atomic mass is 9.92. The number of ether oxygens (including phenoxy) is 2. The Balaban J connectivity index is 1.17. The van der Waals surface area contributed by atoms with Gasteiger partial charge >= 0.3 is 6.01 Å². The Morgan fingerprint density at radius 2 is 2.03 bits per heavy atom. The van der Waals surface area contributed by atoms with E-state index in [0.29, 0.717) is 30.7 Å². The molecule has 2 aromatic rings. The summed E-state index contributed by atoms with van der Waals surface area (Å²) in [5.41, 5.74) is 1.32. The number of amides is 1. The highest BCUT2D eigenvalue weighted by Gasteiger charge is 2.28. The maximum atomic E-state index is 12.5. The second kappa shape index (κ2) is 11.0. The number of nitrogens with one attached hydrogen (secondary N) is 1. The summed E-state index contributed by atoms with van der Waals surface area (Å²) in [4.78, 5) is 19.3. The number of hydrogen-bond acceptors (Lipinski definition) is 8. The van der Waals surface area contributed by atoms with E-state index >= 15 is 0 Å². The van der Waals surface area contributed by atoms with Crippen molar-refractivity contribution in [1.29, 1.82) is 0 Å². The molecule has 0 bridgehead atoms. The molecule has 1 aromatic carbocycles. The highest BCUT2D eigenvalue weighted by molar-refractivity contribution is 5.96. The number of carbonyl (C=O) groups is 1. The van der Waals surface area contributed by atoms with Gasteiger partial charge in [-0.15, -0.1) is 0 Å². The predicted octanol–water partition coefficient (Wildman–Crippen LogP) is 3.24. The van der Waals surface area contributed by atoms with Gasteiger partial charge in [0.25, 0.3) is 5.91 Å². The number of anilines is 1. The summed E-state index contributed by atoms with van der Waals surface area (Å²) in [6.07, 6.45) is 3.67. The zero-order chi connectivity index (χ0) is 25.0. The van der Waals surface area contributed by atoms with Crippen LogP contribution in [-0.2, 0) is 10.2 Å². The third kappa shape index (κ3) is 6.52. The molecule has 2 N–H and O–H groups in total. The van der Waals surface area contributed by atoms with Crippen molar-refractivity contribution in [3.05, 3.63) is 35.2 Å². The number of piperidine rings is 1. The fraction of sp³-hybridized carbons (Fsp3) is 0.654. The summed E-state index contributed by atoms with van der Waals surface area (Å²) in [7, 11) is 0. The zero-order valence-corrected chi connectivity index (χ0v) is 21.2. The van der Waals surface area contributed by atoms with E-state index in [0.717, 1.165) is 55.9 Å². The van der Waals surface area contributed by atoms with Crippen molar-refractivity contribution in [1.82, 2.24) is 15.5 Å². The van der Waals surface area contributed by atoms with E-state index in [1.54, 1.807) is 6.07 Å². The van der Waals surface area contributed by atoms with Gasteiger partial charge < -0.3 is 29.3 Å². The quantitative estimate of drug-likeness (QED) is 0.547. The lowest BCUT2D eigenvalue weighted by Crippen LogP contribution is -2.42. The standard InChI is InChI=1S/C26H38N4O5/c1-17-14-19(7-8-20(17)23(32)27-21-15-33-16-22(21)31)34-13-5-6-18-9-11-30(12-10-18)25-28-24(29-35-25)26(2,3)4/h7-8,14,18,21-22,31H,5-6,9-13,15-16H2,1-4H3,(H,27,32)/t21-,22-/m1/s1. The second-order valence-electron chi connectivity index (χ2n) is 10.7. The number of nitrogens with zero attached hydrogens (tertiary/aromatic N) is 3. The average Bonchev–Trinajstić information content (AvgIpc) is 3.47. The minimum atomic E-state index is -0.658. The Labute approximate surface area is 207 Å². The van der Waals surface area contributed by atoms with E-state index in [4.69, 9.17) is 14.0 Å². The average molecular weight is 487 g/mol. The van der Waals surface area contributed by atoms with Crippen LogP contribution in [0, 0.1) is 12.8 Å². The van der Waals surface area contributed by atoms with Crippen LogP contribution in [0.5, 0.6) is 5.75 Å². The summed E-state index contributed by atoms with van der Waals surface area (Å²) in [5, 5.41) is 16.8. The van der Waals surface area contributed by atoms with E-state index in [-0.39, 0.29) is 24.0 Å². The molecule has 0 radical (unpaired) electrons. The van der Waals surface area contributed by atoms with Gasteiger partial charge in [-0.1, -0.05) is 25.9 Å². The zero-order valence-electron chi connectivity index (χ0n) is 21.2. The molecule has 9 nitrogen and oxygen atoms in total. The Hall–Kier alpha value is -2.65. The molecule has 1 aromatic heterocycles. The molecule has 0 saturated carbocycles. The Bertz CT molecular complexity index is 994. The number of carbonyl (C=O) groups excluding carboxylic acids is 1. The molecule has 2 atom stereocenters. The molecule has 4 rings (SSSR count). The normalized spacial score (nSPS) is 21.3. The summed E-state index contributed by atoms with van der Waals surface area (Å²) < 4.78 is 16.6. The van der Waals surface area contributed by atoms with Crippen molar-refractivity contribution in [2.45, 2.75) is 70.9 Å². The Morgan fingerprint density at radius 1 is 1.26 bits per heavy atom. The summed E-state index contributed by atoms with van der Waals surface area (Å²) >= 11 is 0. The van der Waals surface area contributed by atoms with Crippen molar-refractivity contribution >= 4 is 11.9 Å². The van der Waals surface area contributed by atoms with Crippen LogP contribution in [0.1, 0.15) is 68.2 Å². The van der Waals surface area contributed by atoms with E-state index in [1.165, 1.54) is 0 Å². The number of hydrogen-bond donors (Lipinski definition) is 2. The number of benzene rings is 1. The van der Waals surface area contributed by atoms with Crippen molar-refractivity contribution in [2.24, 2.45) is 5.92 Å². The number of aliphatic hydroxyl groups is 1. The van der Waals surface area contributed by atoms with Crippen molar-refractivity contribution in [2.75, 3.05) is 37.8 Å². The van der Waals surface area contributed by atoms with Crippen LogP contribution < -0.4 is 15.0 Å². The van der Waals surface area contributed by atoms with Gasteiger partial charge in [-0.25, -0.2) is 0 Å². The molecule has 0 aliphatic carbocycles. The predicted molar refractivity (Wildman–Crippen MR) is 132 cm³/mol. The van der Waals surface area contributed by atoms with Crippen LogP contribution >= 0.6 is 0 Å². The van der Waals surface area contributed by atoms with Crippen molar-refractivity contribution in [3.63, 3.8) is 0 Å². The van der Waals surface area contributed by atoms with Crippen LogP contribution in [0.3, 0.4) is 0 Å². The fourth-order valence-corrected chi connectivity index (χ4v) is 4.53. The molecule has 0 spiro atoms. The van der Waals surface area contributed by atoms with Gasteiger partial charge in [0.15, 0.2) is 5.82 Å². The van der Waals surface area contributed by atoms with Crippen molar-refractivity contribution < 1.29 is 23.9 Å². The number of aryl methyl sites for hydroxylation is 1. The van der Waals surface area contributed by atoms with Gasteiger partial charge in [0, 0.05) is 24.1 Å². The summed E-state index contributed by atoms with van der Waals surface area (Å²) in [5.74, 6) is 1.98. The van der Waals surface area contributed by atoms with E-state index in [2.05, 4.69) is 41.1 Å². The van der Waals surface area contributed by atoms with Crippen LogP contribution in [0.2, 0.25) is 0 Å². The largest absolute Gasteiger partial charge is 0.494 e. The van der Waals surface area contributed by atoms with E-state index in [1.807, 2.05) is 19.1 Å². The molecule has 2 aliphatic rings. The van der Waals surface area contributed by atoms with Gasteiger partial charge in [0.05, 0.1) is 32.0 Å². The Morgan fingerprint density at radius 3 is 2.66 bits per heavy atom. The topological polar surface area (TPSA) is 110 Å². The minimum Gasteiger partial charge on any atom is -0.494 e. The number of rotatable bonds is 8. The van der Waals surface area contributed by atoms with E-state index in [9.17, 15) is 9.90 Å². The highest BCUT2D eigenvalue weighted by atomic mass is 16.5. The molecular formula is C26H38N4O5. The fourth-order valence-electron chi connectivity index (χ4n) is 4.53. The lowest BCUT2D eigenvalue weighted by molar-refractivity contribution is 0.0885. The van der Waals surface area contributed by atoms with Gasteiger partial charge in [0.2, 0.25) is 0 Å². The molecule has 1 amide bonds. The second-order valence-corrected chi connectivity index (χ2v) is 10.7. The monoisotopic (exact) mass is 486 g/mol. The lowest BCUT2D eigenvalue weighted by Gasteiger charge is -2.30. The highest BCUT2D eigenvalue weighted by Crippen LogP contribution is 2.27. The minimum absolute atomic E-state index is 0.111. The first-order valence-electron chi connectivity index (χ1n) is 12.6. The van der Waals surface area contributed by atoms with Gasteiger partial charge in [-0.3, -0.25) is 4.79 Å². The molecule has 3 heterocycles. The molecule has 0 unspecified atom stereocenters. The summed E-state index contributed by atoms with van der Waals surface area (Å²) in [6.45, 7) is 11.3. The molecule has 9 heteroatoms. The molecule has 2 saturated heterocycles. The number of aliphatic hydroxyl groups excluding tert-OH is 1. The first-order chi connectivity index (χ1) is 16.7. The van der Waals surface area contributed by atoms with Crippen LogP contribution in [0.25, 0.3) is 0 Å². The maximum Gasteiger partial charge on any atom is 0.324 e. The van der Waals surface area contributed by atoms with Gasteiger partial charge in [0.1, 0.15) is 5.75 Å². The molecular weight excluding hydrogens is 448 g/mol. The third-order valence-electron chi connectivity index (χ3n) is 6.81. The first kappa shape index (κ1) is 25.4. The van der Waals surface area contributed by atoms with Crippen LogP contribution in [0.15, 0.2) is 22.7 Å². The third-order valence-corrected chi connectivity index (χ3v) is 6.81. The first-order valence-corrected chi connectivity index (χ1v) is 12.6.